The smallest absolute Gasteiger partial charge is 0.250 e. The van der Waals surface area contributed by atoms with Gasteiger partial charge in [-0.15, -0.1) is 0 Å². The Bertz CT molecular complexity index is 886. The van der Waals surface area contributed by atoms with E-state index in [9.17, 15) is 14.4 Å². The third-order valence-electron chi connectivity index (χ3n) is 6.27. The molecule has 3 aliphatic rings. The molecule has 1 aromatic rings. The van der Waals surface area contributed by atoms with Crippen LogP contribution < -0.4 is 10.6 Å². The molecule has 0 radical (unpaired) electrons. The van der Waals surface area contributed by atoms with Gasteiger partial charge in [0.05, 0.1) is 11.8 Å². The van der Waals surface area contributed by atoms with E-state index in [1.807, 2.05) is 45.9 Å². The number of aryl methyl sites for hydroxylation is 1. The normalized spacial score (nSPS) is 31.8. The van der Waals surface area contributed by atoms with E-state index in [1.54, 1.807) is 0 Å². The topological polar surface area (TPSA) is 78.5 Å². The summed E-state index contributed by atoms with van der Waals surface area (Å²) in [4.78, 5) is 41.6. The van der Waals surface area contributed by atoms with Crippen molar-refractivity contribution in [3.8, 4) is 0 Å². The first-order chi connectivity index (χ1) is 13.0. The molecule has 3 amide bonds. The molecule has 6 nitrogen and oxygen atoms in total. The molecule has 6 heteroatoms. The fourth-order valence-electron chi connectivity index (χ4n) is 5.29. The summed E-state index contributed by atoms with van der Waals surface area (Å²) in [5, 5.41) is 6.43. The van der Waals surface area contributed by atoms with Crippen LogP contribution in [-0.2, 0) is 19.9 Å². The standard InChI is InChI=1S/C22H29N3O3/c1-11(2)9-15-16-17(19(27)25(18(16)26)21(4,5)6)22(24-15)13-10-12(3)7-8-14(13)23-20(22)28/h7-8,10-11,15-17,24H,9H2,1-6H3,(H,23,28). The van der Waals surface area contributed by atoms with Crippen molar-refractivity contribution >= 4 is 23.4 Å². The molecular weight excluding hydrogens is 354 g/mol. The summed E-state index contributed by atoms with van der Waals surface area (Å²) in [5.41, 5.74) is 0.729. The zero-order valence-electron chi connectivity index (χ0n) is 17.4. The van der Waals surface area contributed by atoms with Crippen molar-refractivity contribution in [3.05, 3.63) is 29.3 Å². The van der Waals surface area contributed by atoms with E-state index >= 15 is 0 Å². The number of carbonyl (C=O) groups is 3. The largest absolute Gasteiger partial charge is 0.324 e. The summed E-state index contributed by atoms with van der Waals surface area (Å²) in [7, 11) is 0. The molecule has 0 aromatic heterocycles. The van der Waals surface area contributed by atoms with Crippen molar-refractivity contribution in [2.45, 2.75) is 65.1 Å². The number of hydrogen-bond donors (Lipinski definition) is 2. The monoisotopic (exact) mass is 383 g/mol. The first-order valence-corrected chi connectivity index (χ1v) is 10.1. The number of carbonyl (C=O) groups excluding carboxylic acids is 3. The fourth-order valence-corrected chi connectivity index (χ4v) is 5.29. The fraction of sp³-hybridized carbons (Fsp3) is 0.591. The molecule has 0 bridgehead atoms. The van der Waals surface area contributed by atoms with Crippen LogP contribution in [0.2, 0.25) is 0 Å². The number of amides is 3. The second-order valence-electron chi connectivity index (χ2n) is 9.88. The van der Waals surface area contributed by atoms with Crippen molar-refractivity contribution in [2.24, 2.45) is 17.8 Å². The number of nitrogens with zero attached hydrogens (tertiary/aromatic N) is 1. The van der Waals surface area contributed by atoms with Crippen molar-refractivity contribution in [2.75, 3.05) is 5.32 Å². The van der Waals surface area contributed by atoms with Crippen LogP contribution >= 0.6 is 0 Å². The molecule has 4 unspecified atom stereocenters. The van der Waals surface area contributed by atoms with Gasteiger partial charge in [0.15, 0.2) is 0 Å². The Hall–Kier alpha value is -2.21. The van der Waals surface area contributed by atoms with Gasteiger partial charge in [0.25, 0.3) is 0 Å². The van der Waals surface area contributed by atoms with Crippen LogP contribution in [0.3, 0.4) is 0 Å². The van der Waals surface area contributed by atoms with E-state index in [0.717, 1.165) is 23.2 Å². The van der Waals surface area contributed by atoms with Crippen LogP contribution in [0.15, 0.2) is 18.2 Å². The van der Waals surface area contributed by atoms with E-state index in [1.165, 1.54) is 4.90 Å². The van der Waals surface area contributed by atoms with E-state index in [0.29, 0.717) is 5.92 Å². The summed E-state index contributed by atoms with van der Waals surface area (Å²) < 4.78 is 0. The van der Waals surface area contributed by atoms with Gasteiger partial charge in [0.1, 0.15) is 5.54 Å². The minimum atomic E-state index is -1.18. The summed E-state index contributed by atoms with van der Waals surface area (Å²) in [6.07, 6.45) is 0.731. The van der Waals surface area contributed by atoms with Gasteiger partial charge in [0, 0.05) is 22.8 Å². The molecule has 2 N–H and O–H groups in total. The Morgan fingerprint density at radius 1 is 1.14 bits per heavy atom. The van der Waals surface area contributed by atoms with Gasteiger partial charge in [-0.1, -0.05) is 31.5 Å². The van der Waals surface area contributed by atoms with Gasteiger partial charge in [-0.05, 0) is 46.1 Å². The highest BCUT2D eigenvalue weighted by molar-refractivity contribution is 6.15. The predicted molar refractivity (Wildman–Crippen MR) is 106 cm³/mol. The van der Waals surface area contributed by atoms with Crippen molar-refractivity contribution in [1.82, 2.24) is 10.2 Å². The maximum absolute atomic E-state index is 13.6. The van der Waals surface area contributed by atoms with Gasteiger partial charge >= 0.3 is 0 Å². The first-order valence-electron chi connectivity index (χ1n) is 10.1. The Kier molecular flexibility index (Phi) is 4.03. The molecule has 1 spiro atoms. The van der Waals surface area contributed by atoms with Crippen LogP contribution in [-0.4, -0.2) is 34.2 Å². The summed E-state index contributed by atoms with van der Waals surface area (Å²) in [6, 6.07) is 5.57. The average molecular weight is 383 g/mol. The van der Waals surface area contributed by atoms with Crippen LogP contribution in [0, 0.1) is 24.7 Å². The average Bonchev–Trinajstić information content (AvgIpc) is 3.12. The molecule has 28 heavy (non-hydrogen) atoms. The lowest BCUT2D eigenvalue weighted by atomic mass is 9.76. The number of benzene rings is 1. The van der Waals surface area contributed by atoms with Gasteiger partial charge in [0.2, 0.25) is 17.7 Å². The second kappa shape index (κ2) is 5.89. The lowest BCUT2D eigenvalue weighted by molar-refractivity contribution is -0.147. The van der Waals surface area contributed by atoms with Gasteiger partial charge in [-0.3, -0.25) is 24.6 Å². The highest BCUT2D eigenvalue weighted by Gasteiger charge is 2.71. The third-order valence-corrected chi connectivity index (χ3v) is 6.27. The van der Waals surface area contributed by atoms with Crippen molar-refractivity contribution < 1.29 is 14.4 Å². The van der Waals surface area contributed by atoms with Gasteiger partial charge in [-0.25, -0.2) is 0 Å². The predicted octanol–water partition coefficient (Wildman–Crippen LogP) is 2.56. The van der Waals surface area contributed by atoms with E-state index in [2.05, 4.69) is 24.5 Å². The number of hydrogen-bond acceptors (Lipinski definition) is 4. The molecule has 2 fully saturated rings. The van der Waals surface area contributed by atoms with Crippen LogP contribution in [0.1, 0.15) is 52.2 Å². The number of rotatable bonds is 2. The summed E-state index contributed by atoms with van der Waals surface area (Å²) in [6.45, 7) is 11.8. The Balaban J connectivity index is 1.91. The Morgan fingerprint density at radius 3 is 2.43 bits per heavy atom. The van der Waals surface area contributed by atoms with Crippen LogP contribution in [0.4, 0.5) is 5.69 Å². The molecule has 150 valence electrons. The van der Waals surface area contributed by atoms with Gasteiger partial charge < -0.3 is 5.32 Å². The maximum Gasteiger partial charge on any atom is 0.250 e. The number of anilines is 1. The summed E-state index contributed by atoms with van der Waals surface area (Å²) >= 11 is 0. The zero-order valence-corrected chi connectivity index (χ0v) is 17.4. The molecule has 0 aliphatic carbocycles. The quantitative estimate of drug-likeness (QED) is 0.770. The number of nitrogens with one attached hydrogen (secondary N) is 2. The zero-order chi connectivity index (χ0) is 20.6. The number of imide groups is 1. The molecule has 2 saturated heterocycles. The van der Waals surface area contributed by atoms with E-state index in [-0.39, 0.29) is 23.8 Å². The lowest BCUT2D eigenvalue weighted by Crippen LogP contribution is -2.55. The molecule has 3 heterocycles. The van der Waals surface area contributed by atoms with E-state index < -0.39 is 22.9 Å². The van der Waals surface area contributed by atoms with E-state index in [4.69, 9.17) is 0 Å². The minimum absolute atomic E-state index is 0.161. The minimum Gasteiger partial charge on any atom is -0.324 e. The third kappa shape index (κ3) is 2.40. The molecule has 3 aliphatic heterocycles. The highest BCUT2D eigenvalue weighted by Crippen LogP contribution is 2.54. The van der Waals surface area contributed by atoms with Crippen molar-refractivity contribution in [3.63, 3.8) is 0 Å². The molecular formula is C22H29N3O3. The van der Waals surface area contributed by atoms with Gasteiger partial charge in [-0.2, -0.15) is 0 Å². The van der Waals surface area contributed by atoms with Crippen LogP contribution in [0.25, 0.3) is 0 Å². The van der Waals surface area contributed by atoms with Crippen molar-refractivity contribution in [1.29, 1.82) is 0 Å². The SMILES string of the molecule is Cc1ccc2c(c1)C1(NC(CC(C)C)C3C(=O)N(C(C)(C)C)C(=O)C31)C(=O)N2. The molecule has 1 aromatic carbocycles. The number of fused-ring (bicyclic) bond motifs is 4. The Labute approximate surface area is 166 Å². The molecule has 0 saturated carbocycles. The molecule has 4 rings (SSSR count). The van der Waals surface area contributed by atoms with Crippen LogP contribution in [0.5, 0.6) is 0 Å². The Morgan fingerprint density at radius 2 is 1.82 bits per heavy atom. The molecule has 4 atom stereocenters. The lowest BCUT2D eigenvalue weighted by Gasteiger charge is -2.35. The number of likely N-dealkylation sites (tertiary alicyclic amines) is 1. The maximum atomic E-state index is 13.6. The summed E-state index contributed by atoms with van der Waals surface area (Å²) in [5.74, 6) is -1.54. The first kappa shape index (κ1) is 19.1. The highest BCUT2D eigenvalue weighted by atomic mass is 16.2. The second-order valence-corrected chi connectivity index (χ2v) is 9.88.